The zero-order valence-corrected chi connectivity index (χ0v) is 16.5. The number of aromatic hydroxyl groups is 1. The molecule has 8 heteroatoms. The van der Waals surface area contributed by atoms with Crippen molar-refractivity contribution in [2.24, 2.45) is 0 Å². The summed E-state index contributed by atoms with van der Waals surface area (Å²) >= 11 is 12.1. The molecule has 3 N–H and O–H groups in total. The Morgan fingerprint density at radius 1 is 1.21 bits per heavy atom. The number of para-hydroxylation sites is 1. The first-order valence-electron chi connectivity index (χ1n) is 8.59. The van der Waals surface area contributed by atoms with Crippen LogP contribution >= 0.6 is 23.2 Å². The number of ether oxygens (including phenoxy) is 1. The monoisotopic (exact) mass is 420 g/mol. The maximum absolute atomic E-state index is 12.6. The molecule has 6 nitrogen and oxygen atoms in total. The lowest BCUT2D eigenvalue weighted by atomic mass is 10.0. The number of carbonyl (C=O) groups is 1. The number of aryl methyl sites for hydroxylation is 1. The third-order valence-corrected chi connectivity index (χ3v) is 4.74. The Kier molecular flexibility index (Phi) is 6.11. The molecule has 0 bridgehead atoms. The van der Waals surface area contributed by atoms with Crippen molar-refractivity contribution in [1.29, 1.82) is 0 Å². The van der Waals surface area contributed by atoms with Crippen molar-refractivity contribution in [3.63, 3.8) is 0 Å². The number of fused-ring (bicyclic) bond motifs is 1. The first-order valence-corrected chi connectivity index (χ1v) is 9.34. The number of nitrogens with one attached hydrogen (secondary N) is 2. The number of rotatable bonds is 6. The van der Waals surface area contributed by atoms with Crippen molar-refractivity contribution in [3.05, 3.63) is 67.9 Å². The van der Waals surface area contributed by atoms with E-state index in [0.717, 1.165) is 5.56 Å². The molecule has 146 valence electrons. The molecule has 0 radical (unpaired) electrons. The molecule has 1 amide bonds. The SMILES string of the molecule is Cc1ccc2[nH]c(=O)c(O)c(C(=O)NCCCOc3c(Cl)cccc3Cl)c2c1. The Balaban J connectivity index is 1.66. The molecular weight excluding hydrogens is 403 g/mol. The van der Waals surface area contributed by atoms with Gasteiger partial charge in [-0.3, -0.25) is 9.59 Å². The number of pyridine rings is 1. The second-order valence-corrected chi connectivity index (χ2v) is 7.05. The van der Waals surface area contributed by atoms with E-state index in [0.29, 0.717) is 33.1 Å². The van der Waals surface area contributed by atoms with Crippen LogP contribution in [0.15, 0.2) is 41.2 Å². The van der Waals surface area contributed by atoms with Crippen molar-refractivity contribution in [1.82, 2.24) is 10.3 Å². The number of hydrogen-bond acceptors (Lipinski definition) is 4. The number of amides is 1. The van der Waals surface area contributed by atoms with Gasteiger partial charge in [0.25, 0.3) is 11.5 Å². The van der Waals surface area contributed by atoms with Gasteiger partial charge >= 0.3 is 0 Å². The minimum Gasteiger partial charge on any atom is -0.502 e. The first-order chi connectivity index (χ1) is 13.4. The van der Waals surface area contributed by atoms with Gasteiger partial charge in [-0.1, -0.05) is 40.9 Å². The summed E-state index contributed by atoms with van der Waals surface area (Å²) in [6.07, 6.45) is 0.480. The summed E-state index contributed by atoms with van der Waals surface area (Å²) in [7, 11) is 0. The number of halogens is 2. The van der Waals surface area contributed by atoms with Crippen molar-refractivity contribution in [2.75, 3.05) is 13.2 Å². The fourth-order valence-corrected chi connectivity index (χ4v) is 3.29. The maximum atomic E-state index is 12.6. The van der Waals surface area contributed by atoms with E-state index in [4.69, 9.17) is 27.9 Å². The van der Waals surface area contributed by atoms with Crippen LogP contribution in [0.4, 0.5) is 0 Å². The lowest BCUT2D eigenvalue weighted by Crippen LogP contribution is -2.27. The summed E-state index contributed by atoms with van der Waals surface area (Å²) in [5.74, 6) is -0.740. The van der Waals surface area contributed by atoms with Crippen LogP contribution < -0.4 is 15.6 Å². The highest BCUT2D eigenvalue weighted by Crippen LogP contribution is 2.32. The van der Waals surface area contributed by atoms with Gasteiger partial charge in [-0.05, 0) is 37.6 Å². The molecule has 0 saturated carbocycles. The van der Waals surface area contributed by atoms with Crippen molar-refractivity contribution in [3.8, 4) is 11.5 Å². The Labute approximate surface area is 171 Å². The zero-order chi connectivity index (χ0) is 20.3. The molecule has 1 heterocycles. The van der Waals surface area contributed by atoms with E-state index >= 15 is 0 Å². The fraction of sp³-hybridized carbons (Fsp3) is 0.200. The number of hydrogen-bond donors (Lipinski definition) is 3. The molecular formula is C20H18Cl2N2O4. The van der Waals surface area contributed by atoms with E-state index in [1.807, 2.05) is 13.0 Å². The summed E-state index contributed by atoms with van der Waals surface area (Å²) in [5.41, 5.74) is 0.629. The summed E-state index contributed by atoms with van der Waals surface area (Å²) in [6, 6.07) is 10.3. The number of H-pyrrole nitrogens is 1. The van der Waals surface area contributed by atoms with E-state index in [9.17, 15) is 14.7 Å². The Morgan fingerprint density at radius 2 is 1.93 bits per heavy atom. The van der Waals surface area contributed by atoms with Gasteiger partial charge in [0.05, 0.1) is 22.2 Å². The van der Waals surface area contributed by atoms with Gasteiger partial charge in [0.1, 0.15) is 0 Å². The summed E-state index contributed by atoms with van der Waals surface area (Å²) in [4.78, 5) is 27.0. The molecule has 0 aliphatic heterocycles. The highest BCUT2D eigenvalue weighted by atomic mass is 35.5. The van der Waals surface area contributed by atoms with Crippen LogP contribution in [-0.4, -0.2) is 29.1 Å². The van der Waals surface area contributed by atoms with Crippen LogP contribution in [0.3, 0.4) is 0 Å². The van der Waals surface area contributed by atoms with Gasteiger partial charge in [-0.2, -0.15) is 0 Å². The van der Waals surface area contributed by atoms with Crippen molar-refractivity contribution < 1.29 is 14.6 Å². The van der Waals surface area contributed by atoms with Gasteiger partial charge in [-0.25, -0.2) is 0 Å². The molecule has 0 saturated heterocycles. The van der Waals surface area contributed by atoms with Gasteiger partial charge in [0.2, 0.25) is 0 Å². The lowest BCUT2D eigenvalue weighted by molar-refractivity contribution is 0.0950. The van der Waals surface area contributed by atoms with E-state index in [2.05, 4.69) is 10.3 Å². The van der Waals surface area contributed by atoms with Crippen molar-refractivity contribution in [2.45, 2.75) is 13.3 Å². The molecule has 1 aromatic heterocycles. The molecule has 2 aromatic carbocycles. The Morgan fingerprint density at radius 3 is 2.64 bits per heavy atom. The predicted molar refractivity (Wildman–Crippen MR) is 110 cm³/mol. The summed E-state index contributed by atoms with van der Waals surface area (Å²) < 4.78 is 5.56. The van der Waals surface area contributed by atoms with E-state index in [-0.39, 0.29) is 18.7 Å². The molecule has 0 aliphatic rings. The Bertz CT molecular complexity index is 1080. The zero-order valence-electron chi connectivity index (χ0n) is 15.0. The maximum Gasteiger partial charge on any atom is 0.291 e. The van der Waals surface area contributed by atoms with Gasteiger partial charge in [-0.15, -0.1) is 0 Å². The number of aromatic amines is 1. The quantitative estimate of drug-likeness (QED) is 0.524. The molecule has 0 fully saturated rings. The second-order valence-electron chi connectivity index (χ2n) is 6.24. The topological polar surface area (TPSA) is 91.4 Å². The van der Waals surface area contributed by atoms with Crippen LogP contribution in [0.25, 0.3) is 10.9 Å². The van der Waals surface area contributed by atoms with E-state index < -0.39 is 17.2 Å². The number of benzene rings is 2. The molecule has 0 aliphatic carbocycles. The van der Waals surface area contributed by atoms with Crippen LogP contribution in [-0.2, 0) is 0 Å². The average Bonchev–Trinajstić information content (AvgIpc) is 2.65. The normalized spacial score (nSPS) is 10.8. The van der Waals surface area contributed by atoms with Gasteiger partial charge in [0, 0.05) is 17.4 Å². The summed E-state index contributed by atoms with van der Waals surface area (Å²) in [5, 5.41) is 14.1. The highest BCUT2D eigenvalue weighted by molar-refractivity contribution is 6.37. The predicted octanol–water partition coefficient (Wildman–Crippen LogP) is 4.05. The standard InChI is InChI=1S/C20H18Cl2N2O4/c1-11-6-7-15-12(10-11)16(17(25)20(27)24-15)19(26)23-8-3-9-28-18-13(21)4-2-5-14(18)22/h2,4-7,10,25H,3,8-9H2,1H3,(H,23,26)(H,24,27). The third kappa shape index (κ3) is 4.24. The molecule has 3 rings (SSSR count). The smallest absolute Gasteiger partial charge is 0.291 e. The minimum absolute atomic E-state index is 0.0440. The molecule has 28 heavy (non-hydrogen) atoms. The minimum atomic E-state index is -0.710. The molecule has 0 atom stereocenters. The molecule has 3 aromatic rings. The van der Waals surface area contributed by atoms with Crippen molar-refractivity contribution >= 4 is 40.0 Å². The third-order valence-electron chi connectivity index (χ3n) is 4.14. The number of aromatic nitrogens is 1. The fourth-order valence-electron chi connectivity index (χ4n) is 2.78. The highest BCUT2D eigenvalue weighted by Gasteiger charge is 2.18. The van der Waals surface area contributed by atoms with E-state index in [1.54, 1.807) is 30.3 Å². The average molecular weight is 421 g/mol. The van der Waals surface area contributed by atoms with Crippen LogP contribution in [0.1, 0.15) is 22.3 Å². The van der Waals surface area contributed by atoms with Crippen LogP contribution in [0.2, 0.25) is 10.0 Å². The van der Waals surface area contributed by atoms with Crippen LogP contribution in [0, 0.1) is 6.92 Å². The molecule has 0 spiro atoms. The van der Waals surface area contributed by atoms with E-state index in [1.165, 1.54) is 0 Å². The lowest BCUT2D eigenvalue weighted by Gasteiger charge is -2.12. The first kappa shape index (κ1) is 20.0. The van der Waals surface area contributed by atoms with Gasteiger partial charge in [0.15, 0.2) is 11.5 Å². The Hall–Kier alpha value is -2.70. The number of carbonyl (C=O) groups excluding carboxylic acids is 1. The van der Waals surface area contributed by atoms with Gasteiger partial charge < -0.3 is 20.1 Å². The largest absolute Gasteiger partial charge is 0.502 e. The molecule has 0 unspecified atom stereocenters. The second kappa shape index (κ2) is 8.54. The summed E-state index contributed by atoms with van der Waals surface area (Å²) in [6.45, 7) is 2.42. The van der Waals surface area contributed by atoms with Crippen LogP contribution in [0.5, 0.6) is 11.5 Å².